The summed E-state index contributed by atoms with van der Waals surface area (Å²) in [4.78, 5) is 13.4. The SMILES string of the molecule is Cc1ccc(C(O)CN(C)CCNC(=O)C(C)C)cc1. The Morgan fingerprint density at radius 3 is 2.45 bits per heavy atom. The van der Waals surface area contributed by atoms with Gasteiger partial charge in [-0.1, -0.05) is 43.7 Å². The molecule has 0 aliphatic rings. The number of aryl methyl sites for hydroxylation is 1. The number of likely N-dealkylation sites (N-methyl/N-ethyl adjacent to an activating group) is 1. The zero-order valence-corrected chi connectivity index (χ0v) is 12.9. The topological polar surface area (TPSA) is 52.6 Å². The molecule has 0 spiro atoms. The minimum Gasteiger partial charge on any atom is -0.387 e. The molecule has 1 unspecified atom stereocenters. The molecule has 1 amide bonds. The zero-order valence-electron chi connectivity index (χ0n) is 12.9. The second-order valence-electron chi connectivity index (χ2n) is 5.63. The lowest BCUT2D eigenvalue weighted by Gasteiger charge is -2.21. The van der Waals surface area contributed by atoms with Crippen molar-refractivity contribution in [3.05, 3.63) is 35.4 Å². The molecule has 1 aromatic rings. The summed E-state index contributed by atoms with van der Waals surface area (Å²) in [5.74, 6) is 0.0796. The lowest BCUT2D eigenvalue weighted by atomic mass is 10.1. The summed E-state index contributed by atoms with van der Waals surface area (Å²) in [6.45, 7) is 7.66. The van der Waals surface area contributed by atoms with E-state index in [2.05, 4.69) is 5.32 Å². The van der Waals surface area contributed by atoms with Crippen LogP contribution in [-0.2, 0) is 4.79 Å². The first-order valence-electron chi connectivity index (χ1n) is 7.11. The van der Waals surface area contributed by atoms with Crippen LogP contribution in [0.1, 0.15) is 31.1 Å². The molecule has 0 aliphatic carbocycles. The maximum atomic E-state index is 11.4. The van der Waals surface area contributed by atoms with Crippen molar-refractivity contribution in [2.45, 2.75) is 26.9 Å². The Morgan fingerprint density at radius 2 is 1.90 bits per heavy atom. The van der Waals surface area contributed by atoms with Crippen LogP contribution >= 0.6 is 0 Å². The summed E-state index contributed by atoms with van der Waals surface area (Å²) in [5, 5.41) is 13.0. The largest absolute Gasteiger partial charge is 0.387 e. The van der Waals surface area contributed by atoms with Crippen molar-refractivity contribution >= 4 is 5.91 Å². The highest BCUT2D eigenvalue weighted by Crippen LogP contribution is 2.14. The van der Waals surface area contributed by atoms with Crippen molar-refractivity contribution in [2.75, 3.05) is 26.7 Å². The van der Waals surface area contributed by atoms with Crippen LogP contribution in [0.4, 0.5) is 0 Å². The highest BCUT2D eigenvalue weighted by atomic mass is 16.3. The molecular formula is C16H26N2O2. The highest BCUT2D eigenvalue weighted by molar-refractivity contribution is 5.77. The van der Waals surface area contributed by atoms with Crippen molar-refractivity contribution in [3.8, 4) is 0 Å². The Balaban J connectivity index is 2.33. The Kier molecular flexibility index (Phi) is 6.68. The number of hydrogen-bond donors (Lipinski definition) is 2. The number of hydrogen-bond acceptors (Lipinski definition) is 3. The smallest absolute Gasteiger partial charge is 0.222 e. The standard InChI is InChI=1S/C16H26N2O2/c1-12(2)16(20)17-9-10-18(4)11-15(19)14-7-5-13(3)6-8-14/h5-8,12,15,19H,9-11H2,1-4H3,(H,17,20). The number of nitrogens with zero attached hydrogens (tertiary/aromatic N) is 1. The number of aliphatic hydroxyl groups is 1. The monoisotopic (exact) mass is 278 g/mol. The van der Waals surface area contributed by atoms with Crippen molar-refractivity contribution in [2.24, 2.45) is 5.92 Å². The molecule has 0 heterocycles. The Bertz CT molecular complexity index is 415. The van der Waals surface area contributed by atoms with Gasteiger partial charge in [0.2, 0.25) is 5.91 Å². The van der Waals surface area contributed by atoms with Gasteiger partial charge in [-0.2, -0.15) is 0 Å². The predicted octanol–water partition coefficient (Wildman–Crippen LogP) is 1.73. The number of carbonyl (C=O) groups excluding carboxylic acids is 1. The van der Waals surface area contributed by atoms with E-state index < -0.39 is 6.10 Å². The van der Waals surface area contributed by atoms with Crippen LogP contribution in [0.5, 0.6) is 0 Å². The first-order chi connectivity index (χ1) is 9.40. The first-order valence-corrected chi connectivity index (χ1v) is 7.11. The fourth-order valence-electron chi connectivity index (χ4n) is 1.85. The van der Waals surface area contributed by atoms with Gasteiger partial charge in [0.25, 0.3) is 0 Å². The molecule has 4 heteroatoms. The third-order valence-electron chi connectivity index (χ3n) is 3.26. The van der Waals surface area contributed by atoms with Gasteiger partial charge in [-0.05, 0) is 19.5 Å². The van der Waals surface area contributed by atoms with E-state index >= 15 is 0 Å². The molecule has 1 rings (SSSR count). The van der Waals surface area contributed by atoms with E-state index in [1.54, 1.807) is 0 Å². The van der Waals surface area contributed by atoms with Crippen molar-refractivity contribution < 1.29 is 9.90 Å². The lowest BCUT2D eigenvalue weighted by Crippen LogP contribution is -2.36. The van der Waals surface area contributed by atoms with Crippen LogP contribution in [-0.4, -0.2) is 42.6 Å². The molecule has 0 fully saturated rings. The van der Waals surface area contributed by atoms with E-state index in [1.165, 1.54) is 5.56 Å². The first kappa shape index (κ1) is 16.7. The molecule has 0 aliphatic heterocycles. The van der Waals surface area contributed by atoms with Crippen molar-refractivity contribution in [1.82, 2.24) is 10.2 Å². The third-order valence-corrected chi connectivity index (χ3v) is 3.26. The Morgan fingerprint density at radius 1 is 1.30 bits per heavy atom. The van der Waals surface area contributed by atoms with Crippen molar-refractivity contribution in [3.63, 3.8) is 0 Å². The van der Waals surface area contributed by atoms with Gasteiger partial charge in [-0.15, -0.1) is 0 Å². The van der Waals surface area contributed by atoms with Gasteiger partial charge in [0.05, 0.1) is 6.10 Å². The molecule has 0 aromatic heterocycles. The molecule has 0 bridgehead atoms. The van der Waals surface area contributed by atoms with Crippen LogP contribution in [0.3, 0.4) is 0 Å². The summed E-state index contributed by atoms with van der Waals surface area (Å²) >= 11 is 0. The average molecular weight is 278 g/mol. The Hall–Kier alpha value is -1.39. The van der Waals surface area contributed by atoms with E-state index in [1.807, 2.05) is 57.0 Å². The predicted molar refractivity (Wildman–Crippen MR) is 81.5 cm³/mol. The number of rotatable bonds is 7. The average Bonchev–Trinajstić information content (AvgIpc) is 2.39. The van der Waals surface area contributed by atoms with Crippen molar-refractivity contribution in [1.29, 1.82) is 0 Å². The normalized spacial score (nSPS) is 12.8. The fourth-order valence-corrected chi connectivity index (χ4v) is 1.85. The highest BCUT2D eigenvalue weighted by Gasteiger charge is 2.11. The van der Waals surface area contributed by atoms with E-state index in [9.17, 15) is 9.90 Å². The minimum absolute atomic E-state index is 0.0125. The summed E-state index contributed by atoms with van der Waals surface area (Å²) < 4.78 is 0. The van der Waals surface area contributed by atoms with Gasteiger partial charge in [-0.3, -0.25) is 4.79 Å². The van der Waals surface area contributed by atoms with Crippen LogP contribution in [0.25, 0.3) is 0 Å². The maximum Gasteiger partial charge on any atom is 0.222 e. The molecule has 1 atom stereocenters. The van der Waals surface area contributed by atoms with Gasteiger partial charge in [0, 0.05) is 25.6 Å². The molecule has 0 radical (unpaired) electrons. The van der Waals surface area contributed by atoms with E-state index in [4.69, 9.17) is 0 Å². The molecule has 0 saturated heterocycles. The van der Waals surface area contributed by atoms with Gasteiger partial charge in [0.1, 0.15) is 0 Å². The number of carbonyl (C=O) groups is 1. The quantitative estimate of drug-likeness (QED) is 0.798. The minimum atomic E-state index is -0.499. The molecule has 0 saturated carbocycles. The second kappa shape index (κ2) is 8.02. The van der Waals surface area contributed by atoms with Crippen LogP contribution in [0.15, 0.2) is 24.3 Å². The molecule has 20 heavy (non-hydrogen) atoms. The molecule has 4 nitrogen and oxygen atoms in total. The number of amides is 1. The van der Waals surface area contributed by atoms with Crippen LogP contribution in [0, 0.1) is 12.8 Å². The summed E-state index contributed by atoms with van der Waals surface area (Å²) in [6.07, 6.45) is -0.499. The maximum absolute atomic E-state index is 11.4. The van der Waals surface area contributed by atoms with E-state index in [-0.39, 0.29) is 11.8 Å². The summed E-state index contributed by atoms with van der Waals surface area (Å²) in [5.41, 5.74) is 2.11. The summed E-state index contributed by atoms with van der Waals surface area (Å²) in [7, 11) is 1.94. The number of nitrogens with one attached hydrogen (secondary N) is 1. The fraction of sp³-hybridized carbons (Fsp3) is 0.562. The van der Waals surface area contributed by atoms with Gasteiger partial charge >= 0.3 is 0 Å². The third kappa shape index (κ3) is 5.72. The molecule has 112 valence electrons. The van der Waals surface area contributed by atoms with E-state index in [0.717, 1.165) is 12.1 Å². The lowest BCUT2D eigenvalue weighted by molar-refractivity contribution is -0.124. The zero-order chi connectivity index (χ0) is 15.1. The van der Waals surface area contributed by atoms with E-state index in [0.29, 0.717) is 13.1 Å². The molecule has 1 aromatic carbocycles. The number of benzene rings is 1. The number of aliphatic hydroxyl groups excluding tert-OH is 1. The second-order valence-corrected chi connectivity index (χ2v) is 5.63. The van der Waals surface area contributed by atoms with Gasteiger partial charge in [0.15, 0.2) is 0 Å². The van der Waals surface area contributed by atoms with Crippen LogP contribution in [0.2, 0.25) is 0 Å². The summed E-state index contributed by atoms with van der Waals surface area (Å²) in [6, 6.07) is 7.91. The molecular weight excluding hydrogens is 252 g/mol. The van der Waals surface area contributed by atoms with Crippen LogP contribution < -0.4 is 5.32 Å². The van der Waals surface area contributed by atoms with Gasteiger partial charge < -0.3 is 15.3 Å². The Labute approximate surface area is 121 Å². The molecule has 2 N–H and O–H groups in total. The van der Waals surface area contributed by atoms with Gasteiger partial charge in [-0.25, -0.2) is 0 Å².